The van der Waals surface area contributed by atoms with Gasteiger partial charge in [0.25, 0.3) is 0 Å². The van der Waals surface area contributed by atoms with Gasteiger partial charge < -0.3 is 24.8 Å². The van der Waals surface area contributed by atoms with Crippen LogP contribution in [0.1, 0.15) is 55.9 Å². The Balaban J connectivity index is 0.000000257. The van der Waals surface area contributed by atoms with Crippen molar-refractivity contribution in [2.24, 2.45) is 0 Å². The zero-order chi connectivity index (χ0) is 34.7. The third-order valence-electron chi connectivity index (χ3n) is 7.24. The van der Waals surface area contributed by atoms with E-state index in [1.165, 1.54) is 19.2 Å². The number of hydrogen-bond donors (Lipinski definition) is 2. The Morgan fingerprint density at radius 2 is 1.53 bits per heavy atom. The second-order valence-corrected chi connectivity index (χ2v) is 11.2. The lowest BCUT2D eigenvalue weighted by molar-refractivity contribution is -0.139. The summed E-state index contributed by atoms with van der Waals surface area (Å²) in [5.74, 6) is -1.39. The first-order valence-corrected chi connectivity index (χ1v) is 15.5. The molecule has 2 N–H and O–H groups in total. The van der Waals surface area contributed by atoms with Gasteiger partial charge in [0, 0.05) is 17.8 Å². The number of rotatable bonds is 10. The fourth-order valence-corrected chi connectivity index (χ4v) is 5.45. The fraction of sp³-hybridized carbons (Fsp3) is 0.314. The van der Waals surface area contributed by atoms with Crippen molar-refractivity contribution in [2.45, 2.75) is 45.4 Å². The molecule has 0 spiro atoms. The number of allylic oxidation sites excluding steroid dienone is 2. The minimum atomic E-state index is -4.33. The van der Waals surface area contributed by atoms with Gasteiger partial charge in [-0.15, -0.1) is 0 Å². The number of esters is 2. The Morgan fingerprint density at radius 3 is 2.09 bits per heavy atom. The standard InChI is InChI=1S/C18H19Cl2NO4.C17H18F3NO/c1-5-25-18(23)14-10(3)21-9(2)13(17(22)24-4)15(14)11-7-6-8-12(19)16(11)20;1-21-12-11-16(13-5-3-2-4-6-13)22-15-9-7-14(8-10-15)17(18,19)20/h6-8,15,21H,5H2,1-4H3;2-10,16,21H,11-12H2,1H3. The third-order valence-corrected chi connectivity index (χ3v) is 8.07. The van der Waals surface area contributed by atoms with Crippen LogP contribution in [0.3, 0.4) is 0 Å². The maximum absolute atomic E-state index is 12.6. The van der Waals surface area contributed by atoms with Crippen LogP contribution in [0.5, 0.6) is 5.75 Å². The lowest BCUT2D eigenvalue weighted by Gasteiger charge is -2.30. The van der Waals surface area contributed by atoms with E-state index in [2.05, 4.69) is 10.6 Å². The third kappa shape index (κ3) is 9.76. The molecule has 252 valence electrons. The molecule has 0 saturated heterocycles. The lowest BCUT2D eigenvalue weighted by atomic mass is 9.80. The Labute approximate surface area is 282 Å². The van der Waals surface area contributed by atoms with Crippen LogP contribution in [-0.4, -0.2) is 39.2 Å². The van der Waals surface area contributed by atoms with Crippen LogP contribution in [-0.2, 0) is 25.2 Å². The number of alkyl halides is 3. The Morgan fingerprint density at radius 1 is 0.915 bits per heavy atom. The van der Waals surface area contributed by atoms with Crippen molar-refractivity contribution in [2.75, 3.05) is 27.3 Å². The van der Waals surface area contributed by atoms with Crippen molar-refractivity contribution in [3.8, 4) is 5.75 Å². The first-order valence-electron chi connectivity index (χ1n) is 14.7. The van der Waals surface area contributed by atoms with Crippen LogP contribution in [0.4, 0.5) is 13.2 Å². The molecule has 0 aromatic heterocycles. The van der Waals surface area contributed by atoms with Crippen molar-refractivity contribution >= 4 is 35.1 Å². The molecule has 2 atom stereocenters. The molecule has 7 nitrogen and oxygen atoms in total. The SMILES string of the molecule is CCOC(=O)C1=C(C)NC(C)=C(C(=O)OC)C1c1cccc(Cl)c1Cl.CNCCC(Oc1ccc(C(F)(F)F)cc1)c1ccccc1. The van der Waals surface area contributed by atoms with Crippen LogP contribution >= 0.6 is 23.2 Å². The zero-order valence-electron chi connectivity index (χ0n) is 26.6. The summed E-state index contributed by atoms with van der Waals surface area (Å²) in [6, 6.07) is 19.5. The molecular weight excluding hydrogens is 656 g/mol. The molecule has 0 radical (unpaired) electrons. The summed E-state index contributed by atoms with van der Waals surface area (Å²) in [7, 11) is 3.13. The number of ether oxygens (including phenoxy) is 3. The van der Waals surface area contributed by atoms with Crippen molar-refractivity contribution in [3.63, 3.8) is 0 Å². The monoisotopic (exact) mass is 692 g/mol. The first-order chi connectivity index (χ1) is 22.3. The van der Waals surface area contributed by atoms with E-state index in [0.717, 1.165) is 30.7 Å². The highest BCUT2D eigenvalue weighted by molar-refractivity contribution is 6.42. The lowest BCUT2D eigenvalue weighted by Crippen LogP contribution is -2.32. The van der Waals surface area contributed by atoms with Crippen LogP contribution in [0.2, 0.25) is 10.0 Å². The number of halogens is 5. The van der Waals surface area contributed by atoms with Crippen LogP contribution in [0.25, 0.3) is 0 Å². The van der Waals surface area contributed by atoms with Crippen molar-refractivity contribution < 1.29 is 37.0 Å². The van der Waals surface area contributed by atoms with Gasteiger partial charge in [-0.05, 0) is 75.8 Å². The second kappa shape index (κ2) is 17.2. The van der Waals surface area contributed by atoms with Gasteiger partial charge in [0.2, 0.25) is 0 Å². The molecule has 3 aromatic carbocycles. The molecule has 47 heavy (non-hydrogen) atoms. The Kier molecular flexibility index (Phi) is 13.7. The number of dihydropyridines is 1. The van der Waals surface area contributed by atoms with E-state index in [1.807, 2.05) is 37.4 Å². The molecule has 0 fully saturated rings. The molecule has 0 saturated carbocycles. The average Bonchev–Trinajstić information content (AvgIpc) is 3.04. The van der Waals surface area contributed by atoms with Crippen molar-refractivity contribution in [3.05, 3.63) is 122 Å². The number of nitrogens with one attached hydrogen (secondary N) is 2. The summed E-state index contributed by atoms with van der Waals surface area (Å²) in [5, 5.41) is 6.71. The molecule has 1 aliphatic heterocycles. The predicted molar refractivity (Wildman–Crippen MR) is 176 cm³/mol. The molecule has 1 heterocycles. The largest absolute Gasteiger partial charge is 0.486 e. The quantitative estimate of drug-likeness (QED) is 0.206. The minimum absolute atomic E-state index is 0.203. The summed E-state index contributed by atoms with van der Waals surface area (Å²) in [6.45, 7) is 6.16. The summed E-state index contributed by atoms with van der Waals surface area (Å²) < 4.78 is 53.7. The average molecular weight is 694 g/mol. The maximum atomic E-state index is 12.6. The van der Waals surface area contributed by atoms with Gasteiger partial charge in [0.15, 0.2) is 0 Å². The van der Waals surface area contributed by atoms with E-state index < -0.39 is 29.6 Å². The molecule has 3 aromatic rings. The van der Waals surface area contributed by atoms with Gasteiger partial charge in [0.05, 0.1) is 46.4 Å². The summed E-state index contributed by atoms with van der Waals surface area (Å²) in [6.07, 6.45) is -3.81. The molecule has 0 amide bonds. The number of benzene rings is 3. The topological polar surface area (TPSA) is 85.9 Å². The second-order valence-electron chi connectivity index (χ2n) is 10.4. The highest BCUT2D eigenvalue weighted by Gasteiger charge is 2.39. The fourth-order valence-electron chi connectivity index (χ4n) is 5.03. The van der Waals surface area contributed by atoms with E-state index in [4.69, 9.17) is 37.4 Å². The normalized spacial score (nSPS) is 15.2. The number of hydrogen-bond acceptors (Lipinski definition) is 7. The highest BCUT2D eigenvalue weighted by Crippen LogP contribution is 2.43. The van der Waals surface area contributed by atoms with Gasteiger partial charge in [0.1, 0.15) is 11.9 Å². The Hall–Kier alpha value is -3.99. The summed E-state index contributed by atoms with van der Waals surface area (Å²) in [4.78, 5) is 25.0. The summed E-state index contributed by atoms with van der Waals surface area (Å²) in [5.41, 5.74) is 2.63. The molecule has 0 aliphatic carbocycles. The van der Waals surface area contributed by atoms with Crippen LogP contribution in [0, 0.1) is 0 Å². The Bertz CT molecular complexity index is 1590. The summed E-state index contributed by atoms with van der Waals surface area (Å²) >= 11 is 12.5. The van der Waals surface area contributed by atoms with Gasteiger partial charge in [-0.3, -0.25) is 0 Å². The number of carbonyl (C=O) groups is 2. The molecule has 0 bridgehead atoms. The minimum Gasteiger partial charge on any atom is -0.486 e. The smallest absolute Gasteiger partial charge is 0.416 e. The molecule has 12 heteroatoms. The molecular formula is C35H37Cl2F3N2O5. The van der Waals surface area contributed by atoms with Gasteiger partial charge in [-0.2, -0.15) is 13.2 Å². The van der Waals surface area contributed by atoms with Crippen molar-refractivity contribution in [1.29, 1.82) is 0 Å². The van der Waals surface area contributed by atoms with E-state index in [9.17, 15) is 22.8 Å². The molecule has 4 rings (SSSR count). The maximum Gasteiger partial charge on any atom is 0.416 e. The number of carbonyl (C=O) groups excluding carboxylic acids is 2. The van der Waals surface area contributed by atoms with Crippen LogP contribution in [0.15, 0.2) is 95.3 Å². The van der Waals surface area contributed by atoms with E-state index in [1.54, 1.807) is 39.0 Å². The number of methoxy groups -OCH3 is 1. The van der Waals surface area contributed by atoms with Gasteiger partial charge >= 0.3 is 18.1 Å². The van der Waals surface area contributed by atoms with E-state index in [-0.39, 0.29) is 17.7 Å². The van der Waals surface area contributed by atoms with Gasteiger partial charge in [-0.1, -0.05) is 65.7 Å². The zero-order valence-corrected chi connectivity index (χ0v) is 28.1. The molecule has 2 unspecified atom stereocenters. The van der Waals surface area contributed by atoms with Crippen LogP contribution < -0.4 is 15.4 Å². The van der Waals surface area contributed by atoms with Crippen molar-refractivity contribution in [1.82, 2.24) is 10.6 Å². The predicted octanol–water partition coefficient (Wildman–Crippen LogP) is 8.40. The van der Waals surface area contributed by atoms with E-state index >= 15 is 0 Å². The first kappa shape index (κ1) is 37.5. The van der Waals surface area contributed by atoms with E-state index in [0.29, 0.717) is 38.9 Å². The highest BCUT2D eigenvalue weighted by atomic mass is 35.5. The molecule has 1 aliphatic rings. The van der Waals surface area contributed by atoms with Gasteiger partial charge in [-0.25, -0.2) is 9.59 Å².